The molecule has 1 aromatic heterocycles. The molecule has 1 heterocycles. The minimum absolute atomic E-state index is 0.0115. The first kappa shape index (κ1) is 12.0. The Morgan fingerprint density at radius 1 is 1.53 bits per heavy atom. The van der Waals surface area contributed by atoms with Crippen LogP contribution in [0.2, 0.25) is 0 Å². The molecule has 0 saturated heterocycles. The van der Waals surface area contributed by atoms with E-state index < -0.39 is 5.97 Å². The molecule has 1 aliphatic rings. The molecule has 4 nitrogen and oxygen atoms in total. The lowest BCUT2D eigenvalue weighted by Crippen LogP contribution is -2.31. The summed E-state index contributed by atoms with van der Waals surface area (Å²) in [4.78, 5) is 10.7. The number of rotatable bonds is 3. The molecular formula is C13H19NO3. The molecule has 0 bridgehead atoms. The zero-order valence-electron chi connectivity index (χ0n) is 10.3. The van der Waals surface area contributed by atoms with Gasteiger partial charge in [-0.25, -0.2) is 4.79 Å². The maximum atomic E-state index is 10.7. The van der Waals surface area contributed by atoms with Gasteiger partial charge in [0.1, 0.15) is 0 Å². The quantitative estimate of drug-likeness (QED) is 0.846. The number of anilines is 1. The van der Waals surface area contributed by atoms with Crippen molar-refractivity contribution in [2.75, 3.05) is 5.32 Å². The summed E-state index contributed by atoms with van der Waals surface area (Å²) in [5.74, 6) is -0.477. The van der Waals surface area contributed by atoms with E-state index in [9.17, 15) is 4.79 Å². The van der Waals surface area contributed by atoms with Gasteiger partial charge in [-0.2, -0.15) is 0 Å². The molecule has 2 rings (SSSR count). The molecule has 0 spiro atoms. The number of carboxylic acids is 1. The van der Waals surface area contributed by atoms with Gasteiger partial charge in [0.25, 0.3) is 0 Å². The van der Waals surface area contributed by atoms with Crippen molar-refractivity contribution >= 4 is 11.9 Å². The smallest absolute Gasteiger partial charge is 0.371 e. The summed E-state index contributed by atoms with van der Waals surface area (Å²) in [5.41, 5.74) is 0.359. The van der Waals surface area contributed by atoms with Gasteiger partial charge < -0.3 is 14.8 Å². The topological polar surface area (TPSA) is 62.5 Å². The van der Waals surface area contributed by atoms with Gasteiger partial charge in [-0.05, 0) is 30.7 Å². The highest BCUT2D eigenvalue weighted by atomic mass is 16.4. The van der Waals surface area contributed by atoms with Crippen molar-refractivity contribution < 1.29 is 14.3 Å². The van der Waals surface area contributed by atoms with E-state index in [4.69, 9.17) is 9.52 Å². The molecule has 94 valence electrons. The highest BCUT2D eigenvalue weighted by molar-refractivity contribution is 5.84. The minimum atomic E-state index is -1.03. The van der Waals surface area contributed by atoms with Gasteiger partial charge in [-0.15, -0.1) is 0 Å². The molecule has 2 N–H and O–H groups in total. The normalized spacial score (nSPS) is 23.3. The van der Waals surface area contributed by atoms with E-state index >= 15 is 0 Å². The lowest BCUT2D eigenvalue weighted by atomic mass is 9.75. The predicted octanol–water partition coefficient (Wildman–Crippen LogP) is 3.36. The van der Waals surface area contributed by atoms with Crippen LogP contribution in [-0.2, 0) is 0 Å². The first-order chi connectivity index (χ1) is 7.96. The standard InChI is InChI=1S/C13H19NO3/c1-13(2)7-3-4-9(8-13)14-11-6-5-10(17-11)12(15)16/h5-6,9,14H,3-4,7-8H2,1-2H3,(H,15,16). The van der Waals surface area contributed by atoms with Crippen LogP contribution in [-0.4, -0.2) is 17.1 Å². The van der Waals surface area contributed by atoms with Crippen LogP contribution >= 0.6 is 0 Å². The van der Waals surface area contributed by atoms with Crippen LogP contribution in [0.5, 0.6) is 0 Å². The van der Waals surface area contributed by atoms with Crippen molar-refractivity contribution in [1.82, 2.24) is 0 Å². The second-order valence-electron chi connectivity index (χ2n) is 5.57. The van der Waals surface area contributed by atoms with Gasteiger partial charge in [0.2, 0.25) is 5.76 Å². The van der Waals surface area contributed by atoms with E-state index in [0.29, 0.717) is 17.3 Å². The third kappa shape index (κ3) is 3.02. The van der Waals surface area contributed by atoms with E-state index in [2.05, 4.69) is 19.2 Å². The molecule has 17 heavy (non-hydrogen) atoms. The van der Waals surface area contributed by atoms with Crippen LogP contribution in [0.1, 0.15) is 50.1 Å². The number of carboxylic acid groups (broad SMARTS) is 1. The number of hydrogen-bond donors (Lipinski definition) is 2. The van der Waals surface area contributed by atoms with Crippen LogP contribution in [0.15, 0.2) is 16.5 Å². The Morgan fingerprint density at radius 2 is 2.29 bits per heavy atom. The SMILES string of the molecule is CC1(C)CCCC(Nc2ccc(C(=O)O)o2)C1. The van der Waals surface area contributed by atoms with E-state index in [1.807, 2.05) is 0 Å². The van der Waals surface area contributed by atoms with Crippen LogP contribution in [0.4, 0.5) is 5.88 Å². The van der Waals surface area contributed by atoms with Crippen molar-refractivity contribution in [2.24, 2.45) is 5.41 Å². The fraction of sp³-hybridized carbons (Fsp3) is 0.615. The molecule has 1 saturated carbocycles. The van der Waals surface area contributed by atoms with Gasteiger partial charge in [0, 0.05) is 12.1 Å². The summed E-state index contributed by atoms with van der Waals surface area (Å²) in [5, 5.41) is 12.0. The minimum Gasteiger partial charge on any atom is -0.475 e. The van der Waals surface area contributed by atoms with Crippen molar-refractivity contribution in [3.63, 3.8) is 0 Å². The summed E-state index contributed by atoms with van der Waals surface area (Å²) >= 11 is 0. The Hall–Kier alpha value is -1.45. The first-order valence-corrected chi connectivity index (χ1v) is 6.06. The Labute approximate surface area is 101 Å². The lowest BCUT2D eigenvalue weighted by Gasteiger charge is -2.35. The predicted molar refractivity (Wildman–Crippen MR) is 65.3 cm³/mol. The molecule has 1 fully saturated rings. The largest absolute Gasteiger partial charge is 0.475 e. The van der Waals surface area contributed by atoms with Gasteiger partial charge in [0.05, 0.1) is 0 Å². The molecule has 0 aromatic carbocycles. The zero-order chi connectivity index (χ0) is 12.5. The lowest BCUT2D eigenvalue weighted by molar-refractivity contribution is 0.0663. The van der Waals surface area contributed by atoms with Crippen molar-refractivity contribution in [3.05, 3.63) is 17.9 Å². The molecule has 0 aliphatic heterocycles. The number of carbonyl (C=O) groups is 1. The third-order valence-electron chi connectivity index (χ3n) is 3.37. The molecule has 1 aromatic rings. The summed E-state index contributed by atoms with van der Waals surface area (Å²) in [6, 6.07) is 3.55. The van der Waals surface area contributed by atoms with Crippen LogP contribution < -0.4 is 5.32 Å². The fourth-order valence-electron chi connectivity index (χ4n) is 2.55. The Morgan fingerprint density at radius 3 is 2.88 bits per heavy atom. The van der Waals surface area contributed by atoms with Crippen LogP contribution in [0, 0.1) is 5.41 Å². The van der Waals surface area contributed by atoms with Gasteiger partial charge in [-0.1, -0.05) is 20.3 Å². The summed E-state index contributed by atoms with van der Waals surface area (Å²) < 4.78 is 5.21. The molecule has 0 amide bonds. The maximum Gasteiger partial charge on any atom is 0.371 e. The Kier molecular flexibility index (Phi) is 3.13. The van der Waals surface area contributed by atoms with Crippen molar-refractivity contribution in [1.29, 1.82) is 0 Å². The maximum absolute atomic E-state index is 10.7. The molecule has 1 aliphatic carbocycles. The van der Waals surface area contributed by atoms with E-state index in [1.54, 1.807) is 6.07 Å². The summed E-state index contributed by atoms with van der Waals surface area (Å²) in [6.07, 6.45) is 4.67. The van der Waals surface area contributed by atoms with Crippen LogP contribution in [0.3, 0.4) is 0 Å². The monoisotopic (exact) mass is 237 g/mol. The molecule has 4 heteroatoms. The number of furan rings is 1. The number of aromatic carboxylic acids is 1. The number of hydrogen-bond acceptors (Lipinski definition) is 3. The highest BCUT2D eigenvalue weighted by Crippen LogP contribution is 2.36. The Balaban J connectivity index is 1.98. The molecule has 0 radical (unpaired) electrons. The van der Waals surface area contributed by atoms with Crippen molar-refractivity contribution in [2.45, 2.75) is 45.6 Å². The zero-order valence-corrected chi connectivity index (χ0v) is 10.3. The van der Waals surface area contributed by atoms with Crippen LogP contribution in [0.25, 0.3) is 0 Å². The summed E-state index contributed by atoms with van der Waals surface area (Å²) in [7, 11) is 0. The second-order valence-corrected chi connectivity index (χ2v) is 5.57. The first-order valence-electron chi connectivity index (χ1n) is 6.06. The second kappa shape index (κ2) is 4.43. The third-order valence-corrected chi connectivity index (χ3v) is 3.37. The fourth-order valence-corrected chi connectivity index (χ4v) is 2.55. The van der Waals surface area contributed by atoms with E-state index in [-0.39, 0.29) is 5.76 Å². The molecule has 1 atom stereocenters. The highest BCUT2D eigenvalue weighted by Gasteiger charge is 2.28. The molecule has 1 unspecified atom stereocenters. The van der Waals surface area contributed by atoms with Gasteiger partial charge in [0.15, 0.2) is 5.88 Å². The van der Waals surface area contributed by atoms with E-state index in [1.165, 1.54) is 18.9 Å². The molecular weight excluding hydrogens is 218 g/mol. The van der Waals surface area contributed by atoms with Crippen molar-refractivity contribution in [3.8, 4) is 0 Å². The number of nitrogens with one attached hydrogen (secondary N) is 1. The average Bonchev–Trinajstić information content (AvgIpc) is 2.64. The Bertz CT molecular complexity index is 409. The van der Waals surface area contributed by atoms with Gasteiger partial charge in [-0.3, -0.25) is 0 Å². The summed E-state index contributed by atoms with van der Waals surface area (Å²) in [6.45, 7) is 4.54. The average molecular weight is 237 g/mol. The van der Waals surface area contributed by atoms with Gasteiger partial charge >= 0.3 is 5.97 Å². The van der Waals surface area contributed by atoms with E-state index in [0.717, 1.165) is 12.8 Å².